The SMILES string of the molecule is CC(C)(C)c1ccccc1I(OS(=O)(=O)C1CC2CCC1(C)C2(C)C)c1ccccc1C(C)(C)C. The first kappa shape index (κ1) is 27.1. The fourth-order valence-electron chi connectivity index (χ4n) is 6.31. The van der Waals surface area contributed by atoms with E-state index < -0.39 is 35.6 Å². The fourth-order valence-corrected chi connectivity index (χ4v) is 16.4. The molecule has 3 unspecified atom stereocenters. The molecule has 0 aromatic heterocycles. The number of halogens is 1. The van der Waals surface area contributed by atoms with Crippen molar-refractivity contribution in [2.45, 2.75) is 97.7 Å². The molecule has 0 saturated heterocycles. The summed E-state index contributed by atoms with van der Waals surface area (Å²) in [5.74, 6) is 0.446. The average Bonchev–Trinajstić information content (AvgIpc) is 3.10. The summed E-state index contributed by atoms with van der Waals surface area (Å²) >= 11 is -2.84. The summed E-state index contributed by atoms with van der Waals surface area (Å²) in [5, 5.41) is -0.438. The second-order valence-electron chi connectivity index (χ2n) is 13.4. The van der Waals surface area contributed by atoms with Gasteiger partial charge in [-0.3, -0.25) is 0 Å². The molecule has 2 bridgehead atoms. The Morgan fingerprint density at radius 1 is 0.829 bits per heavy atom. The van der Waals surface area contributed by atoms with Gasteiger partial charge >= 0.3 is 222 Å². The molecule has 2 saturated carbocycles. The van der Waals surface area contributed by atoms with Crippen LogP contribution in [0.25, 0.3) is 0 Å². The van der Waals surface area contributed by atoms with E-state index in [9.17, 15) is 8.42 Å². The molecule has 3 atom stereocenters. The van der Waals surface area contributed by atoms with Crippen LogP contribution in [0.5, 0.6) is 0 Å². The van der Waals surface area contributed by atoms with E-state index in [-0.39, 0.29) is 21.7 Å². The third-order valence-electron chi connectivity index (χ3n) is 8.95. The number of hydrogen-bond donors (Lipinski definition) is 0. The summed E-state index contributed by atoms with van der Waals surface area (Å²) in [4.78, 5) is 0. The van der Waals surface area contributed by atoms with Gasteiger partial charge in [0.1, 0.15) is 0 Å². The van der Waals surface area contributed by atoms with Crippen molar-refractivity contribution in [3.05, 3.63) is 66.8 Å². The molecule has 0 heterocycles. The van der Waals surface area contributed by atoms with Crippen molar-refractivity contribution in [2.24, 2.45) is 16.7 Å². The van der Waals surface area contributed by atoms with Crippen LogP contribution in [0.3, 0.4) is 0 Å². The third-order valence-corrected chi connectivity index (χ3v) is 17.2. The molecule has 35 heavy (non-hydrogen) atoms. The number of hydrogen-bond acceptors (Lipinski definition) is 3. The molecule has 0 N–H and O–H groups in total. The van der Waals surface area contributed by atoms with E-state index in [1.54, 1.807) is 0 Å². The molecule has 2 aliphatic carbocycles. The zero-order chi connectivity index (χ0) is 26.0. The van der Waals surface area contributed by atoms with Crippen LogP contribution in [-0.4, -0.2) is 13.7 Å². The van der Waals surface area contributed by atoms with Crippen LogP contribution in [0.15, 0.2) is 48.5 Å². The minimum atomic E-state index is -3.77. The van der Waals surface area contributed by atoms with Gasteiger partial charge in [0, 0.05) is 0 Å². The summed E-state index contributed by atoms with van der Waals surface area (Å²) in [6, 6.07) is 16.7. The molecule has 2 aliphatic rings. The van der Waals surface area contributed by atoms with E-state index in [1.165, 1.54) is 11.1 Å². The summed E-state index contributed by atoms with van der Waals surface area (Å²) < 4.78 is 37.2. The Balaban J connectivity index is 1.87. The maximum absolute atomic E-state index is 14.2. The predicted molar refractivity (Wildman–Crippen MR) is 155 cm³/mol. The van der Waals surface area contributed by atoms with Crippen LogP contribution < -0.4 is 0 Å². The van der Waals surface area contributed by atoms with Crippen LogP contribution in [0, 0.1) is 23.9 Å². The monoisotopic (exact) mass is 610 g/mol. The van der Waals surface area contributed by atoms with Crippen molar-refractivity contribution in [3.63, 3.8) is 0 Å². The Morgan fingerprint density at radius 3 is 1.66 bits per heavy atom. The third kappa shape index (κ3) is 4.63. The van der Waals surface area contributed by atoms with Gasteiger partial charge in [0.25, 0.3) is 0 Å². The normalized spacial score (nSPS) is 26.7. The maximum atomic E-state index is 14.2. The van der Waals surface area contributed by atoms with Crippen molar-refractivity contribution in [3.8, 4) is 0 Å². The van der Waals surface area contributed by atoms with Crippen molar-refractivity contribution < 1.29 is 10.9 Å². The molecular weight excluding hydrogens is 567 g/mol. The van der Waals surface area contributed by atoms with E-state index >= 15 is 0 Å². The second-order valence-corrected chi connectivity index (χ2v) is 19.9. The Bertz CT molecular complexity index is 1150. The van der Waals surface area contributed by atoms with E-state index in [0.29, 0.717) is 5.92 Å². The van der Waals surface area contributed by atoms with Crippen molar-refractivity contribution in [2.75, 3.05) is 0 Å². The van der Waals surface area contributed by atoms with E-state index in [1.807, 2.05) is 12.1 Å². The average molecular weight is 611 g/mol. The first-order valence-corrected chi connectivity index (χ1v) is 17.3. The summed E-state index contributed by atoms with van der Waals surface area (Å²) in [6.45, 7) is 19.9. The Labute approximate surface area is 221 Å². The minimum absolute atomic E-state index is 0.0137. The Hall–Kier alpha value is -0.920. The Morgan fingerprint density at radius 2 is 1.29 bits per heavy atom. The molecule has 5 heteroatoms. The summed E-state index contributed by atoms with van der Waals surface area (Å²) in [6.07, 6.45) is 2.80. The molecular formula is C30H43IO3S. The van der Waals surface area contributed by atoms with Crippen LogP contribution in [0.4, 0.5) is 0 Å². The van der Waals surface area contributed by atoms with Gasteiger partial charge in [0.2, 0.25) is 0 Å². The predicted octanol–water partition coefficient (Wildman–Crippen LogP) is 8.30. The molecule has 2 aromatic rings. The van der Waals surface area contributed by atoms with E-state index in [0.717, 1.165) is 26.4 Å². The second kappa shape index (κ2) is 8.83. The fraction of sp³-hybridized carbons (Fsp3) is 0.600. The molecule has 0 aliphatic heterocycles. The zero-order valence-corrected chi connectivity index (χ0v) is 25.9. The molecule has 2 fully saturated rings. The number of fused-ring (bicyclic) bond motifs is 2. The van der Waals surface area contributed by atoms with Crippen LogP contribution in [-0.2, 0) is 23.5 Å². The zero-order valence-electron chi connectivity index (χ0n) is 22.9. The van der Waals surface area contributed by atoms with Gasteiger partial charge in [0.05, 0.1) is 0 Å². The van der Waals surface area contributed by atoms with Crippen LogP contribution in [0.2, 0.25) is 0 Å². The number of benzene rings is 2. The van der Waals surface area contributed by atoms with Gasteiger partial charge in [-0.05, 0) is 0 Å². The van der Waals surface area contributed by atoms with Gasteiger partial charge in [0.15, 0.2) is 0 Å². The summed E-state index contributed by atoms with van der Waals surface area (Å²) in [7, 11) is -3.77. The molecule has 2 aromatic carbocycles. The van der Waals surface area contributed by atoms with Gasteiger partial charge in [-0.2, -0.15) is 0 Å². The van der Waals surface area contributed by atoms with Gasteiger partial charge in [-0.1, -0.05) is 0 Å². The van der Waals surface area contributed by atoms with Crippen LogP contribution >= 0.6 is 20.2 Å². The van der Waals surface area contributed by atoms with E-state index in [2.05, 4.69) is 98.7 Å². The van der Waals surface area contributed by atoms with Crippen LogP contribution in [0.1, 0.15) is 92.7 Å². The molecule has 0 amide bonds. The van der Waals surface area contributed by atoms with Crippen molar-refractivity contribution in [1.82, 2.24) is 0 Å². The standard InChI is InChI=1S/C30H43IO3S/c1-27(2,3)22-14-10-12-16-24(22)31(25-17-13-11-15-23(25)28(4,5)6)34-35(32,33)26-20-21-18-19-30(26,9)29(21,7)8/h10-17,21,26H,18-20H2,1-9H3. The summed E-state index contributed by atoms with van der Waals surface area (Å²) in [5.41, 5.74) is 1.91. The topological polar surface area (TPSA) is 43.4 Å². The van der Waals surface area contributed by atoms with Gasteiger partial charge in [-0.15, -0.1) is 0 Å². The quantitative estimate of drug-likeness (QED) is 0.320. The van der Waals surface area contributed by atoms with Crippen molar-refractivity contribution >= 4 is 30.4 Å². The molecule has 194 valence electrons. The Kier molecular flexibility index (Phi) is 6.85. The molecule has 4 rings (SSSR count). The van der Waals surface area contributed by atoms with Crippen molar-refractivity contribution in [1.29, 1.82) is 0 Å². The molecule has 0 spiro atoms. The first-order chi connectivity index (χ1) is 16.0. The number of rotatable bonds is 5. The molecule has 0 radical (unpaired) electrons. The van der Waals surface area contributed by atoms with E-state index in [4.69, 9.17) is 2.51 Å². The van der Waals surface area contributed by atoms with Gasteiger partial charge in [-0.25, -0.2) is 0 Å². The first-order valence-electron chi connectivity index (χ1n) is 12.8. The molecule has 3 nitrogen and oxygen atoms in total. The van der Waals surface area contributed by atoms with Gasteiger partial charge < -0.3 is 0 Å².